The first-order valence-electron chi connectivity index (χ1n) is 10.3. The molecule has 1 N–H and O–H groups in total. The van der Waals surface area contributed by atoms with Crippen molar-refractivity contribution in [3.63, 3.8) is 0 Å². The van der Waals surface area contributed by atoms with Crippen LogP contribution in [0, 0.1) is 0 Å². The van der Waals surface area contributed by atoms with Crippen LogP contribution < -0.4 is 5.32 Å². The van der Waals surface area contributed by atoms with Crippen molar-refractivity contribution in [3.05, 3.63) is 52.7 Å². The number of rotatable bonds is 6. The lowest BCUT2D eigenvalue weighted by Gasteiger charge is -2.32. The number of aryl methyl sites for hydroxylation is 1. The summed E-state index contributed by atoms with van der Waals surface area (Å²) in [5, 5.41) is 4.13. The molecule has 30 heavy (non-hydrogen) atoms. The number of thiophene rings is 1. The van der Waals surface area contributed by atoms with Crippen molar-refractivity contribution in [3.8, 4) is 0 Å². The molecule has 3 aromatic rings. The highest BCUT2D eigenvalue weighted by Crippen LogP contribution is 2.33. The van der Waals surface area contributed by atoms with Gasteiger partial charge in [-0.15, -0.1) is 11.3 Å². The van der Waals surface area contributed by atoms with Crippen LogP contribution in [0.3, 0.4) is 0 Å². The van der Waals surface area contributed by atoms with Crippen LogP contribution in [0.5, 0.6) is 0 Å². The van der Waals surface area contributed by atoms with E-state index < -0.39 is 12.6 Å². The number of fused-ring (bicyclic) bond motifs is 1. The zero-order chi connectivity index (χ0) is 21.1. The molecule has 4 nitrogen and oxygen atoms in total. The first-order valence-corrected chi connectivity index (χ1v) is 11.1. The van der Waals surface area contributed by atoms with Gasteiger partial charge in [0.25, 0.3) is 0 Å². The highest BCUT2D eigenvalue weighted by molar-refractivity contribution is 7.18. The normalized spacial score (nSPS) is 16.3. The minimum atomic E-state index is -4.22. The number of piperidine rings is 1. The lowest BCUT2D eigenvalue weighted by molar-refractivity contribution is -0.126. The third-order valence-electron chi connectivity index (χ3n) is 5.52. The van der Waals surface area contributed by atoms with Gasteiger partial charge in [0.1, 0.15) is 17.0 Å². The van der Waals surface area contributed by atoms with Gasteiger partial charge < -0.3 is 5.32 Å². The van der Waals surface area contributed by atoms with Crippen LogP contribution in [-0.2, 0) is 19.4 Å². The van der Waals surface area contributed by atoms with Crippen molar-refractivity contribution in [1.29, 1.82) is 0 Å². The number of halogens is 3. The van der Waals surface area contributed by atoms with Gasteiger partial charge in [-0.3, -0.25) is 4.90 Å². The van der Waals surface area contributed by atoms with E-state index in [-0.39, 0.29) is 10.9 Å². The Morgan fingerprint density at radius 3 is 2.47 bits per heavy atom. The molecule has 0 bridgehead atoms. The molecule has 0 aliphatic carbocycles. The highest BCUT2D eigenvalue weighted by Gasteiger charge is 2.29. The lowest BCUT2D eigenvalue weighted by Crippen LogP contribution is -2.38. The van der Waals surface area contributed by atoms with Crippen LogP contribution in [0.15, 0.2) is 36.7 Å². The summed E-state index contributed by atoms with van der Waals surface area (Å²) in [6.07, 6.45) is -0.726. The van der Waals surface area contributed by atoms with Crippen LogP contribution in [0.1, 0.15) is 35.8 Å². The second kappa shape index (κ2) is 8.89. The third-order valence-corrected chi connectivity index (χ3v) is 6.56. The van der Waals surface area contributed by atoms with Crippen LogP contribution >= 0.6 is 11.3 Å². The molecule has 160 valence electrons. The van der Waals surface area contributed by atoms with Crippen LogP contribution in [-0.4, -0.2) is 40.2 Å². The number of likely N-dealkylation sites (tertiary alicyclic amines) is 1. The van der Waals surface area contributed by atoms with E-state index in [9.17, 15) is 13.2 Å². The Labute approximate surface area is 178 Å². The molecule has 1 fully saturated rings. The van der Waals surface area contributed by atoms with Crippen molar-refractivity contribution in [2.75, 3.05) is 18.4 Å². The predicted octanol–water partition coefficient (Wildman–Crippen LogP) is 5.44. The Morgan fingerprint density at radius 1 is 1.10 bits per heavy atom. The first-order chi connectivity index (χ1) is 14.4. The molecular weight excluding hydrogens is 409 g/mol. The second-order valence-corrected chi connectivity index (χ2v) is 8.93. The number of nitrogens with one attached hydrogen (secondary N) is 1. The number of benzene rings is 1. The molecule has 2 aromatic heterocycles. The number of hydrogen-bond acceptors (Lipinski definition) is 5. The molecule has 0 saturated carbocycles. The molecule has 0 spiro atoms. The van der Waals surface area contributed by atoms with Gasteiger partial charge in [-0.2, -0.15) is 13.2 Å². The molecule has 0 amide bonds. The number of alkyl halides is 3. The fraction of sp³-hybridized carbons (Fsp3) is 0.455. The molecule has 4 rings (SSSR count). The van der Waals surface area contributed by atoms with Gasteiger partial charge in [0.05, 0.1) is 11.8 Å². The maximum absolute atomic E-state index is 12.7. The lowest BCUT2D eigenvalue weighted by atomic mass is 10.0. The summed E-state index contributed by atoms with van der Waals surface area (Å²) in [6.45, 7) is 5.06. The molecule has 0 unspecified atom stereocenters. The van der Waals surface area contributed by atoms with Gasteiger partial charge in [0.2, 0.25) is 0 Å². The Bertz CT molecular complexity index is 976. The van der Waals surface area contributed by atoms with E-state index in [4.69, 9.17) is 0 Å². The summed E-state index contributed by atoms with van der Waals surface area (Å²) in [5.74, 6) is 0.637. The summed E-state index contributed by atoms with van der Waals surface area (Å²) in [5.41, 5.74) is 2.68. The number of nitrogens with zero attached hydrogens (tertiary/aromatic N) is 3. The Hall–Kier alpha value is -2.19. The van der Waals surface area contributed by atoms with Crippen molar-refractivity contribution < 1.29 is 13.2 Å². The molecule has 3 heterocycles. The van der Waals surface area contributed by atoms with E-state index in [0.29, 0.717) is 16.0 Å². The van der Waals surface area contributed by atoms with E-state index in [1.165, 1.54) is 17.5 Å². The van der Waals surface area contributed by atoms with Gasteiger partial charge in [-0.25, -0.2) is 9.97 Å². The fourth-order valence-corrected chi connectivity index (χ4v) is 4.90. The zero-order valence-corrected chi connectivity index (χ0v) is 17.7. The maximum atomic E-state index is 12.7. The fourth-order valence-electron chi connectivity index (χ4n) is 3.87. The van der Waals surface area contributed by atoms with Gasteiger partial charge in [0.15, 0.2) is 0 Å². The Kier molecular flexibility index (Phi) is 6.24. The molecule has 1 saturated heterocycles. The van der Waals surface area contributed by atoms with Crippen LogP contribution in [0.2, 0.25) is 0 Å². The Balaban J connectivity index is 1.36. The molecule has 1 aromatic carbocycles. The minimum Gasteiger partial charge on any atom is -0.367 e. The average Bonchev–Trinajstić information content (AvgIpc) is 3.12. The zero-order valence-electron chi connectivity index (χ0n) is 16.9. The smallest absolute Gasteiger partial charge is 0.367 e. The van der Waals surface area contributed by atoms with Gasteiger partial charge in [0, 0.05) is 30.6 Å². The maximum Gasteiger partial charge on any atom is 0.393 e. The molecule has 0 atom stereocenters. The van der Waals surface area contributed by atoms with Crippen molar-refractivity contribution in [1.82, 2.24) is 14.9 Å². The van der Waals surface area contributed by atoms with Crippen molar-refractivity contribution >= 4 is 27.4 Å². The third kappa shape index (κ3) is 5.29. The predicted molar refractivity (Wildman–Crippen MR) is 115 cm³/mol. The topological polar surface area (TPSA) is 41.0 Å². The van der Waals surface area contributed by atoms with Gasteiger partial charge in [-0.1, -0.05) is 31.2 Å². The molecule has 1 aliphatic rings. The molecule has 0 radical (unpaired) electrons. The van der Waals surface area contributed by atoms with Crippen molar-refractivity contribution in [2.24, 2.45) is 0 Å². The van der Waals surface area contributed by atoms with E-state index in [2.05, 4.69) is 51.4 Å². The second-order valence-electron chi connectivity index (χ2n) is 7.81. The molecule has 1 aliphatic heterocycles. The summed E-state index contributed by atoms with van der Waals surface area (Å²) < 4.78 is 38.2. The summed E-state index contributed by atoms with van der Waals surface area (Å²) in [4.78, 5) is 11.8. The van der Waals surface area contributed by atoms with Gasteiger partial charge >= 0.3 is 6.18 Å². The number of anilines is 1. The first kappa shape index (κ1) is 21.1. The molecule has 8 heteroatoms. The summed E-state index contributed by atoms with van der Waals surface area (Å²) in [6, 6.07) is 10.6. The largest absolute Gasteiger partial charge is 0.393 e. The molecular formula is C22H25F3N4S. The quantitative estimate of drug-likeness (QED) is 0.561. The van der Waals surface area contributed by atoms with Gasteiger partial charge in [-0.05, 0) is 36.5 Å². The summed E-state index contributed by atoms with van der Waals surface area (Å²) >= 11 is 1.09. The standard InChI is InChI=1S/C22H25F3N4S/c1-2-15-3-5-16(6-4-15)13-29-9-7-17(8-10-29)28-20-19-11-18(12-22(23,24)25)30-21(19)27-14-26-20/h3-6,11,14,17H,2,7-10,12-13H2,1H3,(H,26,27,28). The SMILES string of the molecule is CCc1ccc(CN2CCC(Nc3ncnc4sc(CC(F)(F)F)cc34)CC2)cc1. The highest BCUT2D eigenvalue weighted by atomic mass is 32.1. The van der Waals surface area contributed by atoms with E-state index in [0.717, 1.165) is 50.2 Å². The number of aromatic nitrogens is 2. The van der Waals surface area contributed by atoms with E-state index in [1.807, 2.05) is 0 Å². The summed E-state index contributed by atoms with van der Waals surface area (Å²) in [7, 11) is 0. The monoisotopic (exact) mass is 434 g/mol. The van der Waals surface area contributed by atoms with E-state index in [1.54, 1.807) is 6.07 Å². The Morgan fingerprint density at radius 2 is 1.80 bits per heavy atom. The van der Waals surface area contributed by atoms with Crippen LogP contribution in [0.4, 0.5) is 19.0 Å². The van der Waals surface area contributed by atoms with E-state index >= 15 is 0 Å². The van der Waals surface area contributed by atoms with Crippen molar-refractivity contribution in [2.45, 2.75) is 51.4 Å². The minimum absolute atomic E-state index is 0.257. The number of hydrogen-bond donors (Lipinski definition) is 1. The average molecular weight is 435 g/mol. The van der Waals surface area contributed by atoms with Crippen LogP contribution in [0.25, 0.3) is 10.2 Å².